The van der Waals surface area contributed by atoms with E-state index in [0.717, 1.165) is 21.1 Å². The number of pyridine rings is 1. The van der Waals surface area contributed by atoms with Crippen LogP contribution in [0.5, 0.6) is 0 Å². The van der Waals surface area contributed by atoms with E-state index in [1.807, 2.05) is 59.9 Å². The molecule has 0 aliphatic rings. The van der Waals surface area contributed by atoms with Gasteiger partial charge in [0.1, 0.15) is 0 Å². The summed E-state index contributed by atoms with van der Waals surface area (Å²) < 4.78 is 42.7. The van der Waals surface area contributed by atoms with E-state index in [-0.39, 0.29) is 5.41 Å². The van der Waals surface area contributed by atoms with E-state index in [2.05, 4.69) is 17.3 Å². The van der Waals surface area contributed by atoms with E-state index in [0.29, 0.717) is 11.3 Å². The molecular formula is C24H37GeN. The van der Waals surface area contributed by atoms with Crippen molar-refractivity contribution >= 4 is 17.7 Å². The van der Waals surface area contributed by atoms with Gasteiger partial charge in [0, 0.05) is 0 Å². The first-order valence-corrected chi connectivity index (χ1v) is 16.7. The molecule has 0 N–H and O–H groups in total. The van der Waals surface area contributed by atoms with Crippen molar-refractivity contribution in [2.24, 2.45) is 5.41 Å². The van der Waals surface area contributed by atoms with Crippen LogP contribution in [0, 0.1) is 12.3 Å². The molecule has 0 spiro atoms. The van der Waals surface area contributed by atoms with E-state index in [4.69, 9.17) is 11.8 Å². The van der Waals surface area contributed by atoms with Gasteiger partial charge in [-0.3, -0.25) is 0 Å². The van der Waals surface area contributed by atoms with Crippen LogP contribution in [0.1, 0.15) is 65.1 Å². The number of aryl methyl sites for hydroxylation is 1. The van der Waals surface area contributed by atoms with Crippen molar-refractivity contribution < 1.29 is 6.85 Å². The van der Waals surface area contributed by atoms with Crippen molar-refractivity contribution in [1.29, 1.82) is 0 Å². The summed E-state index contributed by atoms with van der Waals surface area (Å²) >= 11 is -2.39. The predicted molar refractivity (Wildman–Crippen MR) is 119 cm³/mol. The van der Waals surface area contributed by atoms with Crippen LogP contribution >= 0.6 is 0 Å². The average molecular weight is 417 g/mol. The first-order chi connectivity index (χ1) is 13.7. The van der Waals surface area contributed by atoms with Crippen LogP contribution in [0.25, 0.3) is 11.3 Å². The summed E-state index contributed by atoms with van der Waals surface area (Å²) in [7, 11) is 0. The third-order valence-electron chi connectivity index (χ3n) is 4.34. The molecule has 0 atom stereocenters. The number of benzene rings is 1. The molecule has 2 heteroatoms. The molecular weight excluding hydrogens is 375 g/mol. The van der Waals surface area contributed by atoms with E-state index >= 15 is 0 Å². The molecule has 1 nitrogen and oxygen atoms in total. The first kappa shape index (κ1) is 14.9. The summed E-state index contributed by atoms with van der Waals surface area (Å²) in [5.41, 5.74) is 2.42. The molecule has 1 heterocycles. The zero-order valence-corrected chi connectivity index (χ0v) is 19.9. The van der Waals surface area contributed by atoms with Gasteiger partial charge in [-0.25, -0.2) is 0 Å². The molecule has 0 saturated heterocycles. The molecule has 142 valence electrons. The van der Waals surface area contributed by atoms with Gasteiger partial charge in [-0.15, -0.1) is 0 Å². The molecule has 0 radical (unpaired) electrons. The Morgan fingerprint density at radius 1 is 1.04 bits per heavy atom. The maximum atomic E-state index is 8.95. The van der Waals surface area contributed by atoms with E-state index in [1.54, 1.807) is 12.1 Å². The van der Waals surface area contributed by atoms with E-state index < -0.39 is 31.9 Å². The molecule has 26 heavy (non-hydrogen) atoms. The van der Waals surface area contributed by atoms with Crippen LogP contribution in [-0.2, 0) is 11.8 Å². The van der Waals surface area contributed by atoms with E-state index in [9.17, 15) is 0 Å². The third-order valence-corrected chi connectivity index (χ3v) is 8.57. The van der Waals surface area contributed by atoms with Crippen LogP contribution < -0.4 is 4.40 Å². The average Bonchev–Trinajstić information content (AvgIpc) is 2.57. The van der Waals surface area contributed by atoms with Crippen LogP contribution in [0.15, 0.2) is 30.5 Å². The Hall–Kier alpha value is -1.09. The Bertz CT molecular complexity index is 958. The fourth-order valence-corrected chi connectivity index (χ4v) is 5.97. The predicted octanol–water partition coefficient (Wildman–Crippen LogP) is 6.49. The molecule has 1 aromatic heterocycles. The van der Waals surface area contributed by atoms with Crippen molar-refractivity contribution in [3.05, 3.63) is 47.2 Å². The minimum absolute atomic E-state index is 0.344. The van der Waals surface area contributed by atoms with Crippen LogP contribution in [0.3, 0.4) is 0 Å². The van der Waals surface area contributed by atoms with Gasteiger partial charge < -0.3 is 0 Å². The SMILES string of the molecule is [2H]C([2H])([2H])c1ccc(-c2cc(C([2H])([2H])C(C)(C)C)[c]([Ge]([CH3])([CH3])[CH3])cn2)cc1C(C)(C)C. The summed E-state index contributed by atoms with van der Waals surface area (Å²) in [6, 6.07) is 7.29. The molecule has 0 amide bonds. The van der Waals surface area contributed by atoms with Crippen molar-refractivity contribution in [2.75, 3.05) is 0 Å². The van der Waals surface area contributed by atoms with Crippen LogP contribution in [0.2, 0.25) is 17.3 Å². The van der Waals surface area contributed by atoms with Crippen molar-refractivity contribution in [3.8, 4) is 11.3 Å². The Morgan fingerprint density at radius 2 is 1.69 bits per heavy atom. The van der Waals surface area contributed by atoms with Gasteiger partial charge in [0.05, 0.1) is 0 Å². The molecule has 0 unspecified atom stereocenters. The number of nitrogens with zero attached hydrogens (tertiary/aromatic N) is 1. The summed E-state index contributed by atoms with van der Waals surface area (Å²) in [5.74, 6) is 6.76. The van der Waals surface area contributed by atoms with Gasteiger partial charge in [-0.2, -0.15) is 0 Å². The summed E-state index contributed by atoms with van der Waals surface area (Å²) in [4.78, 5) is 4.73. The molecule has 0 saturated carbocycles. The monoisotopic (exact) mass is 418 g/mol. The molecule has 0 aliphatic heterocycles. The quantitative estimate of drug-likeness (QED) is 0.521. The van der Waals surface area contributed by atoms with Gasteiger partial charge in [0.25, 0.3) is 0 Å². The zero-order chi connectivity index (χ0) is 24.2. The number of rotatable bonds is 3. The number of hydrogen-bond donors (Lipinski definition) is 0. The van der Waals surface area contributed by atoms with Gasteiger partial charge in [0.15, 0.2) is 0 Å². The van der Waals surface area contributed by atoms with Crippen molar-refractivity contribution in [3.63, 3.8) is 0 Å². The third kappa shape index (κ3) is 5.22. The second kappa shape index (κ2) is 7.15. The summed E-state index contributed by atoms with van der Waals surface area (Å²) in [6.45, 7) is 9.62. The Labute approximate surface area is 171 Å². The first-order valence-electron chi connectivity index (χ1n) is 11.8. The van der Waals surface area contributed by atoms with Gasteiger partial charge in [-0.05, 0) is 0 Å². The molecule has 2 aromatic rings. The summed E-state index contributed by atoms with van der Waals surface area (Å²) in [6.07, 6.45) is 0.340. The van der Waals surface area contributed by atoms with E-state index in [1.165, 1.54) is 0 Å². The van der Waals surface area contributed by atoms with Gasteiger partial charge in [-0.1, -0.05) is 0 Å². The fraction of sp³-hybridized carbons (Fsp3) is 0.542. The molecule has 0 fully saturated rings. The maximum absolute atomic E-state index is 8.95. The standard InChI is InChI=1S/C24H37GeN/c1-17-11-12-18(13-20(17)24(5,6)7)22-14-19(15-23(2,3)4)21(16-26-22)25(8,9)10/h11-14,16H,15H2,1-10H3/i1D3,15D2. The molecule has 0 aliphatic carbocycles. The minimum atomic E-state index is -2.39. The molecule has 2 rings (SSSR count). The van der Waals surface area contributed by atoms with Crippen LogP contribution in [0.4, 0.5) is 0 Å². The Balaban J connectivity index is 2.80. The topological polar surface area (TPSA) is 12.9 Å². The summed E-state index contributed by atoms with van der Waals surface area (Å²) in [5, 5.41) is 0. The second-order valence-electron chi connectivity index (χ2n) is 10.3. The number of aromatic nitrogens is 1. The Morgan fingerprint density at radius 3 is 2.19 bits per heavy atom. The molecule has 1 aromatic carbocycles. The van der Waals surface area contributed by atoms with Crippen molar-refractivity contribution in [1.82, 2.24) is 4.98 Å². The Kier molecular flexibility index (Phi) is 4.10. The molecule has 0 bridgehead atoms. The van der Waals surface area contributed by atoms with Crippen LogP contribution in [-0.4, -0.2) is 18.3 Å². The zero-order valence-electron chi connectivity index (χ0n) is 22.8. The van der Waals surface area contributed by atoms with Crippen molar-refractivity contribution in [2.45, 2.75) is 77.5 Å². The van der Waals surface area contributed by atoms with Gasteiger partial charge in [0.2, 0.25) is 0 Å². The second-order valence-corrected chi connectivity index (χ2v) is 20.8. The normalized spacial score (nSPS) is 17.0. The van der Waals surface area contributed by atoms with Gasteiger partial charge >= 0.3 is 171 Å². The number of hydrogen-bond acceptors (Lipinski definition) is 1. The fourth-order valence-electron chi connectivity index (χ4n) is 3.04.